The Bertz CT molecular complexity index is 520. The maximum atomic E-state index is 4.08. The summed E-state index contributed by atoms with van der Waals surface area (Å²) >= 11 is 0. The summed E-state index contributed by atoms with van der Waals surface area (Å²) in [7, 11) is 0. The number of hydrogen-bond acceptors (Lipinski definition) is 4. The number of nitrogens with zero attached hydrogens (tertiary/aromatic N) is 4. The van der Waals surface area contributed by atoms with Gasteiger partial charge in [0.1, 0.15) is 0 Å². The van der Waals surface area contributed by atoms with Gasteiger partial charge in [-0.25, -0.2) is 4.68 Å². The zero-order valence-electron chi connectivity index (χ0n) is 12.6. The fourth-order valence-corrected chi connectivity index (χ4v) is 2.20. The van der Waals surface area contributed by atoms with Gasteiger partial charge >= 0.3 is 0 Å². The Kier molecular flexibility index (Phi) is 4.84. The molecule has 0 amide bonds. The van der Waals surface area contributed by atoms with E-state index < -0.39 is 0 Å². The number of nitrogens with one attached hydrogen (secondary N) is 1. The third-order valence-corrected chi connectivity index (χ3v) is 3.71. The van der Waals surface area contributed by atoms with Crippen molar-refractivity contribution in [2.75, 3.05) is 0 Å². The minimum Gasteiger partial charge on any atom is -0.307 e. The molecule has 0 aliphatic rings. The van der Waals surface area contributed by atoms with E-state index in [1.165, 1.54) is 5.56 Å². The highest BCUT2D eigenvalue weighted by Crippen LogP contribution is 2.18. The Morgan fingerprint density at radius 1 is 1.10 bits per heavy atom. The lowest BCUT2D eigenvalue weighted by atomic mass is 9.94. The molecule has 1 N–H and O–H groups in total. The van der Waals surface area contributed by atoms with Crippen LogP contribution >= 0.6 is 0 Å². The summed E-state index contributed by atoms with van der Waals surface area (Å²) in [6.45, 7) is 9.27. The number of rotatable bonds is 6. The Morgan fingerprint density at radius 2 is 1.80 bits per heavy atom. The van der Waals surface area contributed by atoms with Crippen molar-refractivity contribution in [2.24, 2.45) is 0 Å². The van der Waals surface area contributed by atoms with Crippen molar-refractivity contribution in [3.63, 3.8) is 0 Å². The predicted molar refractivity (Wildman–Crippen MR) is 79.4 cm³/mol. The van der Waals surface area contributed by atoms with Gasteiger partial charge in [-0.15, -0.1) is 5.10 Å². The van der Waals surface area contributed by atoms with E-state index in [-0.39, 0.29) is 6.04 Å². The van der Waals surface area contributed by atoms with E-state index in [2.05, 4.69) is 72.8 Å². The van der Waals surface area contributed by atoms with E-state index in [1.807, 2.05) is 10.7 Å². The molecule has 0 unspecified atom stereocenters. The first-order valence-corrected chi connectivity index (χ1v) is 7.14. The molecule has 0 aliphatic carbocycles. The van der Waals surface area contributed by atoms with Crippen molar-refractivity contribution in [1.82, 2.24) is 25.5 Å². The van der Waals surface area contributed by atoms with Crippen LogP contribution in [0.1, 0.15) is 51.0 Å². The number of tetrazole rings is 1. The van der Waals surface area contributed by atoms with Gasteiger partial charge in [-0.05, 0) is 42.7 Å². The summed E-state index contributed by atoms with van der Waals surface area (Å²) in [5, 5.41) is 15.4. The molecule has 0 saturated carbocycles. The molecule has 2 aromatic rings. The molecule has 20 heavy (non-hydrogen) atoms. The molecule has 0 radical (unpaired) electrons. The fraction of sp³-hybridized carbons (Fsp3) is 0.533. The van der Waals surface area contributed by atoms with Crippen LogP contribution < -0.4 is 5.32 Å². The molecule has 1 aromatic carbocycles. The molecule has 0 saturated heterocycles. The topological polar surface area (TPSA) is 55.6 Å². The van der Waals surface area contributed by atoms with Crippen LogP contribution in [0.3, 0.4) is 0 Å². The average Bonchev–Trinajstić information content (AvgIpc) is 2.93. The Balaban J connectivity index is 1.95. The van der Waals surface area contributed by atoms with Crippen LogP contribution in [0.25, 0.3) is 0 Å². The predicted octanol–water partition coefficient (Wildman–Crippen LogP) is 2.54. The minimum absolute atomic E-state index is 0.281. The summed E-state index contributed by atoms with van der Waals surface area (Å²) < 4.78 is 1.85. The van der Waals surface area contributed by atoms with Crippen LogP contribution in [0.5, 0.6) is 0 Å². The molecule has 2 atom stereocenters. The Morgan fingerprint density at radius 3 is 2.45 bits per heavy atom. The SMILES string of the molecule is CC(C)n1nnnc1CN[C@H](C)[C@H](C)c1ccccc1. The maximum Gasteiger partial charge on any atom is 0.165 e. The van der Waals surface area contributed by atoms with Crippen LogP contribution in [0.4, 0.5) is 0 Å². The van der Waals surface area contributed by atoms with Crippen molar-refractivity contribution in [3.8, 4) is 0 Å². The summed E-state index contributed by atoms with van der Waals surface area (Å²) in [6, 6.07) is 11.2. The van der Waals surface area contributed by atoms with Crippen molar-refractivity contribution < 1.29 is 0 Å². The molecular formula is C15H23N5. The number of aromatic nitrogens is 4. The lowest BCUT2D eigenvalue weighted by molar-refractivity contribution is 0.440. The van der Waals surface area contributed by atoms with Crippen LogP contribution in [0, 0.1) is 0 Å². The Hall–Kier alpha value is -1.75. The maximum absolute atomic E-state index is 4.08. The monoisotopic (exact) mass is 273 g/mol. The smallest absolute Gasteiger partial charge is 0.165 e. The lowest BCUT2D eigenvalue weighted by Gasteiger charge is -2.21. The summed E-state index contributed by atoms with van der Waals surface area (Å²) in [6.07, 6.45) is 0. The van der Waals surface area contributed by atoms with Crippen molar-refractivity contribution in [1.29, 1.82) is 0 Å². The van der Waals surface area contributed by atoms with Gasteiger partial charge in [0.25, 0.3) is 0 Å². The van der Waals surface area contributed by atoms with Gasteiger partial charge in [0.2, 0.25) is 0 Å². The van der Waals surface area contributed by atoms with Gasteiger partial charge < -0.3 is 5.32 Å². The second-order valence-corrected chi connectivity index (χ2v) is 5.50. The zero-order valence-corrected chi connectivity index (χ0v) is 12.6. The average molecular weight is 273 g/mol. The molecule has 0 fully saturated rings. The quantitative estimate of drug-likeness (QED) is 0.878. The molecule has 5 heteroatoms. The van der Waals surface area contributed by atoms with Gasteiger partial charge in [-0.3, -0.25) is 0 Å². The first-order valence-electron chi connectivity index (χ1n) is 7.14. The van der Waals surface area contributed by atoms with Crippen LogP contribution in [-0.4, -0.2) is 26.2 Å². The first-order chi connectivity index (χ1) is 9.59. The molecule has 2 rings (SSSR count). The zero-order chi connectivity index (χ0) is 14.5. The van der Waals surface area contributed by atoms with Gasteiger partial charge in [0, 0.05) is 6.04 Å². The Labute approximate surface area is 120 Å². The largest absolute Gasteiger partial charge is 0.307 e. The van der Waals surface area contributed by atoms with Crippen LogP contribution in [0.15, 0.2) is 30.3 Å². The highest BCUT2D eigenvalue weighted by Gasteiger charge is 2.15. The molecule has 1 heterocycles. The van der Waals surface area contributed by atoms with Gasteiger partial charge in [-0.2, -0.15) is 0 Å². The minimum atomic E-state index is 0.281. The lowest BCUT2D eigenvalue weighted by Crippen LogP contribution is -2.31. The molecule has 5 nitrogen and oxygen atoms in total. The number of benzene rings is 1. The van der Waals surface area contributed by atoms with Gasteiger partial charge in [0.15, 0.2) is 5.82 Å². The summed E-state index contributed by atoms with van der Waals surface area (Å²) in [4.78, 5) is 0. The first kappa shape index (κ1) is 14.7. The fourth-order valence-electron chi connectivity index (χ4n) is 2.20. The van der Waals surface area contributed by atoms with Gasteiger partial charge in [0.05, 0.1) is 12.6 Å². The van der Waals surface area contributed by atoms with Crippen molar-refractivity contribution in [2.45, 2.75) is 52.2 Å². The molecule has 108 valence electrons. The van der Waals surface area contributed by atoms with Crippen LogP contribution in [0.2, 0.25) is 0 Å². The van der Waals surface area contributed by atoms with E-state index >= 15 is 0 Å². The third-order valence-electron chi connectivity index (χ3n) is 3.71. The summed E-state index contributed by atoms with van der Waals surface area (Å²) in [5.41, 5.74) is 1.34. The second kappa shape index (κ2) is 6.61. The summed E-state index contributed by atoms with van der Waals surface area (Å²) in [5.74, 6) is 1.33. The van der Waals surface area contributed by atoms with E-state index in [4.69, 9.17) is 0 Å². The standard InChI is InChI=1S/C15H23N5/c1-11(2)20-15(17-18-19-20)10-16-13(4)12(3)14-8-6-5-7-9-14/h5-9,11-13,16H,10H2,1-4H3/t12-,13+/m0/s1. The molecule has 0 bridgehead atoms. The third kappa shape index (κ3) is 3.42. The highest BCUT2D eigenvalue weighted by atomic mass is 15.5. The highest BCUT2D eigenvalue weighted by molar-refractivity contribution is 5.20. The number of hydrogen-bond donors (Lipinski definition) is 1. The molecule has 0 aliphatic heterocycles. The normalized spacial score (nSPS) is 14.4. The van der Waals surface area contributed by atoms with Gasteiger partial charge in [-0.1, -0.05) is 37.3 Å². The molecular weight excluding hydrogens is 250 g/mol. The van der Waals surface area contributed by atoms with E-state index in [9.17, 15) is 0 Å². The van der Waals surface area contributed by atoms with E-state index in [0.717, 1.165) is 5.82 Å². The van der Waals surface area contributed by atoms with Crippen LogP contribution in [-0.2, 0) is 6.54 Å². The van der Waals surface area contributed by atoms with E-state index in [0.29, 0.717) is 18.5 Å². The molecule has 1 aromatic heterocycles. The molecule has 0 spiro atoms. The van der Waals surface area contributed by atoms with E-state index in [1.54, 1.807) is 0 Å². The second-order valence-electron chi connectivity index (χ2n) is 5.50. The van der Waals surface area contributed by atoms with Crippen molar-refractivity contribution in [3.05, 3.63) is 41.7 Å². The van der Waals surface area contributed by atoms with Crippen molar-refractivity contribution >= 4 is 0 Å².